The van der Waals surface area contributed by atoms with Gasteiger partial charge in [-0.15, -0.1) is 8.58 Å². The SMILES string of the molecule is CC(C)(C)C1CCCCC1.NC(=O)CCPCc1ccc2cc(O)ccc2c1. The first-order valence-corrected chi connectivity index (χ1v) is 11.9. The molecule has 0 radical (unpaired) electrons. The molecule has 2 aromatic rings. The number of rotatable bonds is 5. The molecule has 28 heavy (non-hydrogen) atoms. The van der Waals surface area contributed by atoms with Crippen molar-refractivity contribution in [2.75, 3.05) is 6.16 Å². The normalized spacial score (nSPS) is 15.5. The minimum Gasteiger partial charge on any atom is -0.508 e. The Morgan fingerprint density at radius 2 is 1.71 bits per heavy atom. The maximum absolute atomic E-state index is 10.6. The molecule has 3 rings (SSSR count). The minimum absolute atomic E-state index is 0.225. The van der Waals surface area contributed by atoms with E-state index in [2.05, 4.69) is 32.9 Å². The van der Waals surface area contributed by atoms with E-state index in [4.69, 9.17) is 5.73 Å². The Kier molecular flexibility index (Phi) is 8.76. The number of amides is 1. The largest absolute Gasteiger partial charge is 0.508 e. The molecular formula is C24H36NO2P. The predicted octanol–water partition coefficient (Wildman–Crippen LogP) is 6.21. The van der Waals surface area contributed by atoms with Crippen molar-refractivity contribution in [1.29, 1.82) is 0 Å². The monoisotopic (exact) mass is 401 g/mol. The van der Waals surface area contributed by atoms with Gasteiger partial charge in [-0.05, 0) is 65.0 Å². The molecule has 1 aliphatic carbocycles. The Balaban J connectivity index is 0.000000237. The third-order valence-electron chi connectivity index (χ3n) is 5.60. The summed E-state index contributed by atoms with van der Waals surface area (Å²) in [6.07, 6.45) is 9.69. The molecule has 0 saturated heterocycles. The molecule has 4 heteroatoms. The average Bonchev–Trinajstić information content (AvgIpc) is 2.66. The van der Waals surface area contributed by atoms with Crippen LogP contribution < -0.4 is 5.73 Å². The van der Waals surface area contributed by atoms with E-state index in [1.807, 2.05) is 12.1 Å². The molecule has 0 bridgehead atoms. The van der Waals surface area contributed by atoms with Gasteiger partial charge >= 0.3 is 0 Å². The molecular weight excluding hydrogens is 365 g/mol. The number of fused-ring (bicyclic) bond motifs is 1. The van der Waals surface area contributed by atoms with Gasteiger partial charge in [-0.1, -0.05) is 64.3 Å². The van der Waals surface area contributed by atoms with Crippen LogP contribution in [0.15, 0.2) is 36.4 Å². The molecule has 0 spiro atoms. The Hall–Kier alpha value is -1.60. The van der Waals surface area contributed by atoms with Gasteiger partial charge in [0.25, 0.3) is 0 Å². The molecule has 1 amide bonds. The summed E-state index contributed by atoms with van der Waals surface area (Å²) in [5.41, 5.74) is 6.93. The van der Waals surface area contributed by atoms with Crippen LogP contribution in [0.1, 0.15) is 64.9 Å². The van der Waals surface area contributed by atoms with Gasteiger partial charge in [0.1, 0.15) is 5.75 Å². The van der Waals surface area contributed by atoms with Crippen LogP contribution in [0.3, 0.4) is 0 Å². The molecule has 1 aliphatic rings. The quantitative estimate of drug-likeness (QED) is 0.462. The van der Waals surface area contributed by atoms with Crippen molar-refractivity contribution in [3.8, 4) is 5.75 Å². The summed E-state index contributed by atoms with van der Waals surface area (Å²) in [5, 5.41) is 11.6. The van der Waals surface area contributed by atoms with E-state index in [1.54, 1.807) is 12.1 Å². The van der Waals surface area contributed by atoms with Crippen LogP contribution in [-0.2, 0) is 11.0 Å². The molecule has 0 heterocycles. The summed E-state index contributed by atoms with van der Waals surface area (Å²) in [6, 6.07) is 11.6. The fraction of sp³-hybridized carbons (Fsp3) is 0.542. The van der Waals surface area contributed by atoms with Crippen molar-refractivity contribution in [1.82, 2.24) is 0 Å². The summed E-state index contributed by atoms with van der Waals surface area (Å²) in [7, 11) is 0.721. The number of carbonyl (C=O) groups excluding carboxylic acids is 1. The lowest BCUT2D eigenvalue weighted by molar-refractivity contribution is -0.117. The van der Waals surface area contributed by atoms with Crippen LogP contribution in [0, 0.1) is 11.3 Å². The zero-order valence-electron chi connectivity index (χ0n) is 17.6. The lowest BCUT2D eigenvalue weighted by Gasteiger charge is -2.33. The summed E-state index contributed by atoms with van der Waals surface area (Å²) >= 11 is 0. The number of hydrogen-bond acceptors (Lipinski definition) is 2. The van der Waals surface area contributed by atoms with Crippen molar-refractivity contribution in [3.63, 3.8) is 0 Å². The number of aromatic hydroxyl groups is 1. The van der Waals surface area contributed by atoms with Crippen molar-refractivity contribution >= 4 is 25.3 Å². The summed E-state index contributed by atoms with van der Waals surface area (Å²) < 4.78 is 0. The molecule has 154 valence electrons. The number of phenols is 1. The minimum atomic E-state index is -0.225. The molecule has 3 N–H and O–H groups in total. The number of phenolic OH excluding ortho intramolecular Hbond substituents is 1. The maximum atomic E-state index is 10.6. The van der Waals surface area contributed by atoms with E-state index in [-0.39, 0.29) is 5.91 Å². The second kappa shape index (κ2) is 10.8. The Morgan fingerprint density at radius 3 is 2.32 bits per heavy atom. The second-order valence-electron chi connectivity index (χ2n) is 8.96. The third-order valence-corrected chi connectivity index (χ3v) is 6.86. The first kappa shape index (κ1) is 22.7. The zero-order chi connectivity index (χ0) is 20.6. The van der Waals surface area contributed by atoms with Gasteiger partial charge < -0.3 is 10.8 Å². The molecule has 1 fully saturated rings. The first-order chi connectivity index (χ1) is 13.3. The first-order valence-electron chi connectivity index (χ1n) is 10.5. The van der Waals surface area contributed by atoms with E-state index < -0.39 is 0 Å². The van der Waals surface area contributed by atoms with Crippen LogP contribution in [-0.4, -0.2) is 17.2 Å². The summed E-state index contributed by atoms with van der Waals surface area (Å²) in [5.74, 6) is 1.07. The predicted molar refractivity (Wildman–Crippen MR) is 122 cm³/mol. The van der Waals surface area contributed by atoms with Gasteiger partial charge in [0.2, 0.25) is 5.91 Å². The lowest BCUT2D eigenvalue weighted by Crippen LogP contribution is -2.22. The molecule has 1 atom stereocenters. The number of benzene rings is 2. The van der Waals surface area contributed by atoms with Crippen molar-refractivity contribution < 1.29 is 9.90 Å². The van der Waals surface area contributed by atoms with Gasteiger partial charge in [0, 0.05) is 6.42 Å². The van der Waals surface area contributed by atoms with Crippen LogP contribution in [0.2, 0.25) is 0 Å². The summed E-state index contributed by atoms with van der Waals surface area (Å²) in [4.78, 5) is 10.6. The number of hydrogen-bond donors (Lipinski definition) is 2. The molecule has 1 unspecified atom stereocenters. The third kappa shape index (κ3) is 7.80. The molecule has 0 aliphatic heterocycles. The molecule has 0 aromatic heterocycles. The second-order valence-corrected chi connectivity index (χ2v) is 10.3. The zero-order valence-corrected chi connectivity index (χ0v) is 18.6. The highest BCUT2D eigenvalue weighted by Crippen LogP contribution is 2.37. The fourth-order valence-electron chi connectivity index (χ4n) is 3.81. The lowest BCUT2D eigenvalue weighted by atomic mass is 9.72. The van der Waals surface area contributed by atoms with Crippen molar-refractivity contribution in [2.24, 2.45) is 17.1 Å². The molecule has 1 saturated carbocycles. The smallest absolute Gasteiger partial charge is 0.217 e. The number of primary amides is 1. The van der Waals surface area contributed by atoms with E-state index in [1.165, 1.54) is 37.7 Å². The highest BCUT2D eigenvalue weighted by atomic mass is 31.1. The van der Waals surface area contributed by atoms with Gasteiger partial charge in [-0.3, -0.25) is 4.79 Å². The van der Waals surface area contributed by atoms with E-state index in [0.717, 1.165) is 37.6 Å². The Morgan fingerprint density at radius 1 is 1.07 bits per heavy atom. The van der Waals surface area contributed by atoms with Crippen LogP contribution >= 0.6 is 8.58 Å². The average molecular weight is 402 g/mol. The highest BCUT2D eigenvalue weighted by molar-refractivity contribution is 7.37. The van der Waals surface area contributed by atoms with E-state index in [0.29, 0.717) is 17.6 Å². The number of nitrogens with two attached hydrogens (primary N) is 1. The fourth-order valence-corrected chi connectivity index (χ4v) is 4.91. The molecule has 2 aromatic carbocycles. The standard InChI is InChI=1S/C14H16NO2P.C10H20/c15-14(17)5-6-18-9-10-1-2-12-8-13(16)4-3-11(12)7-10;1-10(2,3)9-7-5-4-6-8-9/h1-4,7-8,16,18H,5-6,9H2,(H2,15,17);9H,4-8H2,1-3H3. The highest BCUT2D eigenvalue weighted by Gasteiger charge is 2.25. The van der Waals surface area contributed by atoms with Crippen LogP contribution in [0.4, 0.5) is 0 Å². The van der Waals surface area contributed by atoms with Gasteiger partial charge in [0.05, 0.1) is 0 Å². The maximum Gasteiger partial charge on any atom is 0.217 e. The Bertz CT molecular complexity index is 761. The summed E-state index contributed by atoms with van der Waals surface area (Å²) in [6.45, 7) is 7.13. The Labute approximate surface area is 171 Å². The van der Waals surface area contributed by atoms with E-state index in [9.17, 15) is 9.90 Å². The molecule has 3 nitrogen and oxygen atoms in total. The van der Waals surface area contributed by atoms with Gasteiger partial charge in [-0.25, -0.2) is 0 Å². The van der Waals surface area contributed by atoms with Crippen molar-refractivity contribution in [3.05, 3.63) is 42.0 Å². The van der Waals surface area contributed by atoms with Crippen molar-refractivity contribution in [2.45, 2.75) is 65.5 Å². The van der Waals surface area contributed by atoms with Crippen LogP contribution in [0.5, 0.6) is 5.75 Å². The number of carbonyl (C=O) groups is 1. The van der Waals surface area contributed by atoms with Gasteiger partial charge in [0.15, 0.2) is 0 Å². The van der Waals surface area contributed by atoms with Crippen LogP contribution in [0.25, 0.3) is 10.8 Å². The van der Waals surface area contributed by atoms with E-state index >= 15 is 0 Å². The van der Waals surface area contributed by atoms with Gasteiger partial charge in [-0.2, -0.15) is 0 Å². The topological polar surface area (TPSA) is 63.3 Å².